The van der Waals surface area contributed by atoms with E-state index < -0.39 is 12.2 Å². The number of rotatable bonds is 6. The number of aliphatic hydroxyl groups excluding tert-OH is 2. The second kappa shape index (κ2) is 8.61. The van der Waals surface area contributed by atoms with Crippen LogP contribution >= 0.6 is 0 Å². The van der Waals surface area contributed by atoms with Crippen LogP contribution in [0.15, 0.2) is 48.9 Å². The van der Waals surface area contributed by atoms with E-state index in [9.17, 15) is 10.2 Å². The Bertz CT molecular complexity index is 1290. The van der Waals surface area contributed by atoms with Gasteiger partial charge in [-0.25, -0.2) is 15.0 Å². The summed E-state index contributed by atoms with van der Waals surface area (Å²) in [4.78, 5) is 13.1. The average Bonchev–Trinajstić information content (AvgIpc) is 3.34. The maximum Gasteiger partial charge on any atom is 0.145 e. The van der Waals surface area contributed by atoms with Gasteiger partial charge in [0.25, 0.3) is 0 Å². The van der Waals surface area contributed by atoms with Crippen LogP contribution in [0.2, 0.25) is 0 Å². The second-order valence-corrected chi connectivity index (χ2v) is 9.32. The van der Waals surface area contributed by atoms with Gasteiger partial charge in [0.1, 0.15) is 29.7 Å². The Morgan fingerprint density at radius 3 is 2.76 bits per heavy atom. The molecular weight excluding hydrogens is 416 g/mol. The number of anilines is 2. The fourth-order valence-corrected chi connectivity index (χ4v) is 4.97. The van der Waals surface area contributed by atoms with Crippen LogP contribution in [0.3, 0.4) is 0 Å². The highest BCUT2D eigenvalue weighted by atomic mass is 16.3. The van der Waals surface area contributed by atoms with Gasteiger partial charge >= 0.3 is 0 Å². The molecule has 3 heterocycles. The number of aryl methyl sites for hydroxylation is 1. The van der Waals surface area contributed by atoms with E-state index in [1.165, 1.54) is 11.9 Å². The van der Waals surface area contributed by atoms with Crippen LogP contribution in [-0.4, -0.2) is 48.0 Å². The Balaban J connectivity index is 1.31. The van der Waals surface area contributed by atoms with Crippen LogP contribution in [0, 0.1) is 5.92 Å². The van der Waals surface area contributed by atoms with Crippen molar-refractivity contribution >= 4 is 33.6 Å². The Kier molecular flexibility index (Phi) is 5.64. The van der Waals surface area contributed by atoms with E-state index in [-0.39, 0.29) is 12.0 Å². The molecule has 5 rings (SSSR count). The lowest BCUT2D eigenvalue weighted by atomic mass is 9.95. The van der Waals surface area contributed by atoms with Crippen molar-refractivity contribution in [3.05, 3.63) is 54.5 Å². The van der Waals surface area contributed by atoms with Crippen LogP contribution in [0.4, 0.5) is 11.6 Å². The van der Waals surface area contributed by atoms with Crippen molar-refractivity contribution < 1.29 is 10.2 Å². The van der Waals surface area contributed by atoms with Gasteiger partial charge in [-0.2, -0.15) is 0 Å². The number of aliphatic hydroxyl groups is 2. The number of pyridine rings is 1. The summed E-state index contributed by atoms with van der Waals surface area (Å²) in [5.74, 6) is 1.27. The van der Waals surface area contributed by atoms with E-state index >= 15 is 0 Å². The molecule has 0 spiro atoms. The topological polar surface area (TPSA) is 122 Å². The molecule has 1 aliphatic carbocycles. The highest BCUT2D eigenvalue weighted by Gasteiger charge is 2.42. The van der Waals surface area contributed by atoms with Crippen LogP contribution in [0.5, 0.6) is 0 Å². The van der Waals surface area contributed by atoms with Gasteiger partial charge in [0, 0.05) is 17.6 Å². The third-order valence-corrected chi connectivity index (χ3v) is 6.67. The van der Waals surface area contributed by atoms with Crippen LogP contribution < -0.4 is 11.1 Å². The minimum absolute atomic E-state index is 0.0146. The van der Waals surface area contributed by atoms with E-state index in [1.807, 2.05) is 22.9 Å². The molecule has 1 aliphatic rings. The first-order chi connectivity index (χ1) is 15.9. The lowest BCUT2D eigenvalue weighted by Crippen LogP contribution is -2.29. The van der Waals surface area contributed by atoms with Crippen molar-refractivity contribution in [3.63, 3.8) is 0 Å². The van der Waals surface area contributed by atoms with Gasteiger partial charge in [0.15, 0.2) is 0 Å². The summed E-state index contributed by atoms with van der Waals surface area (Å²) >= 11 is 0. The predicted octanol–water partition coefficient (Wildman–Crippen LogP) is 3.30. The molecule has 4 aromatic rings. The first-order valence-electron chi connectivity index (χ1n) is 11.5. The number of fused-ring (bicyclic) bond motifs is 2. The van der Waals surface area contributed by atoms with Gasteiger partial charge in [-0.1, -0.05) is 12.1 Å². The molecule has 0 unspecified atom stereocenters. The lowest BCUT2D eigenvalue weighted by Gasteiger charge is -2.19. The zero-order valence-electron chi connectivity index (χ0n) is 18.9. The number of aromatic nitrogens is 4. The number of hydrogen-bond acceptors (Lipinski definition) is 7. The third kappa shape index (κ3) is 4.12. The molecule has 1 saturated carbocycles. The molecular formula is C25H30N6O2. The molecule has 1 fully saturated rings. The molecule has 8 nitrogen and oxygen atoms in total. The van der Waals surface area contributed by atoms with Crippen molar-refractivity contribution in [2.75, 3.05) is 11.1 Å². The fraction of sp³-hybridized carbons (Fsp3) is 0.400. The summed E-state index contributed by atoms with van der Waals surface area (Å²) in [6.45, 7) is 4.19. The van der Waals surface area contributed by atoms with Crippen LogP contribution in [-0.2, 0) is 6.42 Å². The first-order valence-corrected chi connectivity index (χ1v) is 11.5. The molecule has 172 valence electrons. The number of nitrogens with two attached hydrogens (primary N) is 1. The van der Waals surface area contributed by atoms with Gasteiger partial charge in [-0.15, -0.1) is 0 Å². The average molecular weight is 447 g/mol. The summed E-state index contributed by atoms with van der Waals surface area (Å²) in [6.07, 6.45) is 3.92. The van der Waals surface area contributed by atoms with Gasteiger partial charge in [-0.3, -0.25) is 0 Å². The summed E-state index contributed by atoms with van der Waals surface area (Å²) in [6, 6.07) is 12.3. The second-order valence-electron chi connectivity index (χ2n) is 9.32. The number of nitrogens with zero attached hydrogens (tertiary/aromatic N) is 4. The Hall–Kier alpha value is -3.23. The molecule has 5 N–H and O–H groups in total. The van der Waals surface area contributed by atoms with Crippen LogP contribution in [0.25, 0.3) is 21.9 Å². The van der Waals surface area contributed by atoms with E-state index in [2.05, 4.69) is 53.4 Å². The SMILES string of the molecule is CC(C)Nc1ccc2ccc(CC[C@H]3C[C@@H](n4ccc5c(N)ncnc54)[C@H](O)[C@@H]3O)cc2n1. The van der Waals surface area contributed by atoms with Gasteiger partial charge in [0.05, 0.1) is 23.0 Å². The van der Waals surface area contributed by atoms with Crippen molar-refractivity contribution in [1.82, 2.24) is 19.5 Å². The maximum absolute atomic E-state index is 10.8. The van der Waals surface area contributed by atoms with Crippen molar-refractivity contribution in [1.29, 1.82) is 0 Å². The Labute approximate surface area is 192 Å². The zero-order valence-corrected chi connectivity index (χ0v) is 18.9. The zero-order chi connectivity index (χ0) is 23.1. The quantitative estimate of drug-likeness (QED) is 0.358. The molecule has 0 aliphatic heterocycles. The number of nitrogens with one attached hydrogen (secondary N) is 1. The Morgan fingerprint density at radius 1 is 1.12 bits per heavy atom. The highest BCUT2D eigenvalue weighted by Crippen LogP contribution is 2.39. The minimum Gasteiger partial charge on any atom is -0.390 e. The van der Waals surface area contributed by atoms with Crippen LogP contribution in [0.1, 0.15) is 38.3 Å². The number of benzene rings is 1. The molecule has 8 heteroatoms. The first kappa shape index (κ1) is 21.6. The third-order valence-electron chi connectivity index (χ3n) is 6.67. The Morgan fingerprint density at radius 2 is 1.94 bits per heavy atom. The van der Waals surface area contributed by atoms with E-state index in [0.29, 0.717) is 23.9 Å². The van der Waals surface area contributed by atoms with E-state index in [1.54, 1.807) is 0 Å². The molecule has 33 heavy (non-hydrogen) atoms. The van der Waals surface area contributed by atoms with Gasteiger partial charge < -0.3 is 25.8 Å². The van der Waals surface area contributed by atoms with E-state index in [4.69, 9.17) is 10.7 Å². The predicted molar refractivity (Wildman–Crippen MR) is 130 cm³/mol. The highest BCUT2D eigenvalue weighted by molar-refractivity contribution is 5.86. The summed E-state index contributed by atoms with van der Waals surface area (Å²) in [5.41, 5.74) is 8.77. The molecule has 4 atom stereocenters. The van der Waals surface area contributed by atoms with E-state index in [0.717, 1.165) is 34.9 Å². The normalized spacial score (nSPS) is 23.1. The molecule has 1 aromatic carbocycles. The lowest BCUT2D eigenvalue weighted by molar-refractivity contribution is 0.00545. The van der Waals surface area contributed by atoms with Crippen molar-refractivity contribution in [3.8, 4) is 0 Å². The fourth-order valence-electron chi connectivity index (χ4n) is 4.97. The summed E-state index contributed by atoms with van der Waals surface area (Å²) in [7, 11) is 0. The monoisotopic (exact) mass is 446 g/mol. The molecule has 3 aromatic heterocycles. The molecule has 0 bridgehead atoms. The summed E-state index contributed by atoms with van der Waals surface area (Å²) < 4.78 is 1.92. The van der Waals surface area contributed by atoms with Gasteiger partial charge in [0.2, 0.25) is 0 Å². The van der Waals surface area contributed by atoms with Gasteiger partial charge in [-0.05, 0) is 68.9 Å². The molecule has 0 amide bonds. The maximum atomic E-state index is 10.8. The van der Waals surface area contributed by atoms with Crippen molar-refractivity contribution in [2.24, 2.45) is 5.92 Å². The summed E-state index contributed by atoms with van der Waals surface area (Å²) in [5, 5.41) is 26.8. The smallest absolute Gasteiger partial charge is 0.145 e. The largest absolute Gasteiger partial charge is 0.390 e. The molecule has 0 saturated heterocycles. The van der Waals surface area contributed by atoms with Crippen molar-refractivity contribution in [2.45, 2.75) is 57.4 Å². The molecule has 0 radical (unpaired) electrons. The minimum atomic E-state index is -0.857. The number of nitrogen functional groups attached to an aromatic ring is 1. The standard InChI is InChI=1S/C25H30N6O2/c1-14(2)29-21-8-7-16-5-3-15(11-19(16)30-21)4-6-17-12-20(23(33)22(17)32)31-10-9-18-24(26)27-13-28-25(18)31/h3,5,7-11,13-14,17,20,22-23,32-33H,4,6,12H2,1-2H3,(H,29,30)(H2,26,27,28)/t17-,20+,22+,23-/m0/s1. The number of hydrogen-bond donors (Lipinski definition) is 4.